The maximum Gasteiger partial charge on any atom is 0.271 e. The summed E-state index contributed by atoms with van der Waals surface area (Å²) in [5.74, 6) is -0.910. The number of rotatable bonds is 5. The number of nitro groups is 1. The molecule has 0 bridgehead atoms. The van der Waals surface area contributed by atoms with Gasteiger partial charge < -0.3 is 0 Å². The van der Waals surface area contributed by atoms with Gasteiger partial charge in [0.05, 0.1) is 16.8 Å². The zero-order valence-corrected chi connectivity index (χ0v) is 11.7. The van der Waals surface area contributed by atoms with E-state index in [1.807, 2.05) is 4.72 Å². The molecule has 2 aromatic rings. The van der Waals surface area contributed by atoms with Crippen molar-refractivity contribution in [1.82, 2.24) is 9.78 Å². The second-order valence-corrected chi connectivity index (χ2v) is 5.74. The standard InChI is InChI=1S/C11H11FN4O4S/c1-2-15-7-9(6-13-15)21(19,20)14-11-5-8(16(17)18)3-4-10(11)12/h3-7,14H,2H2,1H3. The van der Waals surface area contributed by atoms with Crippen LogP contribution in [-0.2, 0) is 16.6 Å². The lowest BCUT2D eigenvalue weighted by Crippen LogP contribution is -2.13. The summed E-state index contributed by atoms with van der Waals surface area (Å²) in [5, 5.41) is 14.4. The highest BCUT2D eigenvalue weighted by molar-refractivity contribution is 7.92. The van der Waals surface area contributed by atoms with Gasteiger partial charge >= 0.3 is 0 Å². The lowest BCUT2D eigenvalue weighted by atomic mass is 10.3. The SMILES string of the molecule is CCn1cc(S(=O)(=O)Nc2cc([N+](=O)[O-])ccc2F)cn1. The second kappa shape index (κ2) is 5.48. The molecular weight excluding hydrogens is 303 g/mol. The Labute approximate surface area is 119 Å². The Hall–Kier alpha value is -2.49. The number of hydrogen-bond acceptors (Lipinski definition) is 5. The third kappa shape index (κ3) is 3.16. The number of aromatic nitrogens is 2. The second-order valence-electron chi connectivity index (χ2n) is 4.06. The van der Waals surface area contributed by atoms with Crippen molar-refractivity contribution in [2.75, 3.05) is 4.72 Å². The molecule has 21 heavy (non-hydrogen) atoms. The number of sulfonamides is 1. The van der Waals surface area contributed by atoms with Crippen molar-refractivity contribution in [3.8, 4) is 0 Å². The number of anilines is 1. The fraction of sp³-hybridized carbons (Fsp3) is 0.182. The van der Waals surface area contributed by atoms with Gasteiger partial charge in [-0.25, -0.2) is 12.8 Å². The van der Waals surface area contributed by atoms with Crippen LogP contribution < -0.4 is 4.72 Å². The van der Waals surface area contributed by atoms with Crippen LogP contribution in [0, 0.1) is 15.9 Å². The Kier molecular flexibility index (Phi) is 3.89. The third-order valence-corrected chi connectivity index (χ3v) is 3.97. The van der Waals surface area contributed by atoms with Crippen LogP contribution in [0.3, 0.4) is 0 Å². The number of benzene rings is 1. The summed E-state index contributed by atoms with van der Waals surface area (Å²) in [6.45, 7) is 2.25. The summed E-state index contributed by atoms with van der Waals surface area (Å²) >= 11 is 0. The van der Waals surface area contributed by atoms with Gasteiger partial charge in [0.25, 0.3) is 15.7 Å². The molecule has 0 saturated carbocycles. The highest BCUT2D eigenvalue weighted by Crippen LogP contribution is 2.23. The van der Waals surface area contributed by atoms with E-state index in [0.29, 0.717) is 6.54 Å². The molecule has 0 unspecified atom stereocenters. The number of hydrogen-bond donors (Lipinski definition) is 1. The van der Waals surface area contributed by atoms with E-state index in [0.717, 1.165) is 24.4 Å². The van der Waals surface area contributed by atoms with Gasteiger partial charge in [-0.1, -0.05) is 0 Å². The average molecular weight is 314 g/mol. The van der Waals surface area contributed by atoms with Gasteiger partial charge in [0.15, 0.2) is 0 Å². The number of halogens is 1. The zero-order valence-electron chi connectivity index (χ0n) is 10.9. The van der Waals surface area contributed by atoms with Crippen LogP contribution in [0.25, 0.3) is 0 Å². The monoisotopic (exact) mass is 314 g/mol. The van der Waals surface area contributed by atoms with Crippen LogP contribution in [0.15, 0.2) is 35.5 Å². The van der Waals surface area contributed by atoms with E-state index in [2.05, 4.69) is 5.10 Å². The predicted molar refractivity (Wildman–Crippen MR) is 71.8 cm³/mol. The molecule has 0 spiro atoms. The molecular formula is C11H11FN4O4S. The van der Waals surface area contributed by atoms with Crippen LogP contribution in [0.1, 0.15) is 6.92 Å². The van der Waals surface area contributed by atoms with Crippen molar-refractivity contribution < 1.29 is 17.7 Å². The molecule has 1 heterocycles. The van der Waals surface area contributed by atoms with Crippen molar-refractivity contribution in [3.63, 3.8) is 0 Å². The topological polar surface area (TPSA) is 107 Å². The molecule has 0 atom stereocenters. The van der Waals surface area contributed by atoms with Gasteiger partial charge in [-0.15, -0.1) is 0 Å². The van der Waals surface area contributed by atoms with Gasteiger partial charge in [0, 0.05) is 24.9 Å². The highest BCUT2D eigenvalue weighted by atomic mass is 32.2. The lowest BCUT2D eigenvalue weighted by molar-refractivity contribution is -0.384. The fourth-order valence-corrected chi connectivity index (χ4v) is 2.58. The predicted octanol–water partition coefficient (Wildman–Crippen LogP) is 1.75. The van der Waals surface area contributed by atoms with Crippen LogP contribution in [0.2, 0.25) is 0 Å². The van der Waals surface area contributed by atoms with E-state index in [1.54, 1.807) is 6.92 Å². The molecule has 8 nitrogen and oxygen atoms in total. The van der Waals surface area contributed by atoms with Crippen LogP contribution >= 0.6 is 0 Å². The van der Waals surface area contributed by atoms with Gasteiger partial charge in [-0.2, -0.15) is 5.10 Å². The number of nitro benzene ring substituents is 1. The molecule has 0 radical (unpaired) electrons. The molecule has 2 rings (SSSR count). The zero-order chi connectivity index (χ0) is 15.6. The summed E-state index contributed by atoms with van der Waals surface area (Å²) in [6.07, 6.45) is 2.39. The first-order valence-electron chi connectivity index (χ1n) is 5.82. The molecule has 0 aliphatic heterocycles. The molecule has 1 aromatic heterocycles. The van der Waals surface area contributed by atoms with E-state index in [4.69, 9.17) is 0 Å². The van der Waals surface area contributed by atoms with Crippen molar-refractivity contribution in [2.24, 2.45) is 0 Å². The van der Waals surface area contributed by atoms with Crippen molar-refractivity contribution in [1.29, 1.82) is 0 Å². The summed E-state index contributed by atoms with van der Waals surface area (Å²) < 4.78 is 41.1. The molecule has 1 N–H and O–H groups in total. The van der Waals surface area contributed by atoms with Crippen molar-refractivity contribution in [3.05, 3.63) is 46.5 Å². The quantitative estimate of drug-likeness (QED) is 0.668. The van der Waals surface area contributed by atoms with Crippen LogP contribution in [0.4, 0.5) is 15.8 Å². The Bertz CT molecular complexity index is 787. The van der Waals surface area contributed by atoms with E-state index in [9.17, 15) is 22.9 Å². The lowest BCUT2D eigenvalue weighted by Gasteiger charge is -2.07. The molecule has 0 saturated heterocycles. The first-order chi connectivity index (χ1) is 9.83. The first-order valence-corrected chi connectivity index (χ1v) is 7.31. The van der Waals surface area contributed by atoms with E-state index >= 15 is 0 Å². The largest absolute Gasteiger partial charge is 0.276 e. The van der Waals surface area contributed by atoms with Gasteiger partial charge in [-0.3, -0.25) is 19.5 Å². The van der Waals surface area contributed by atoms with E-state index < -0.39 is 32.1 Å². The third-order valence-electron chi connectivity index (χ3n) is 2.65. The maximum absolute atomic E-state index is 13.6. The minimum atomic E-state index is -4.06. The molecule has 0 aliphatic carbocycles. The molecule has 0 aliphatic rings. The fourth-order valence-electron chi connectivity index (χ4n) is 1.57. The van der Waals surface area contributed by atoms with Crippen LogP contribution in [-0.4, -0.2) is 23.1 Å². The molecule has 0 fully saturated rings. The molecule has 0 amide bonds. The van der Waals surface area contributed by atoms with Gasteiger partial charge in [0.1, 0.15) is 10.7 Å². The Morgan fingerprint density at radius 2 is 2.19 bits per heavy atom. The Morgan fingerprint density at radius 3 is 2.76 bits per heavy atom. The Balaban J connectivity index is 2.36. The minimum absolute atomic E-state index is 0.157. The first kappa shape index (κ1) is 14.9. The average Bonchev–Trinajstić information content (AvgIpc) is 2.90. The molecule has 10 heteroatoms. The summed E-state index contributed by atoms with van der Waals surface area (Å²) in [5.41, 5.74) is -0.910. The van der Waals surface area contributed by atoms with Crippen molar-refractivity contribution >= 4 is 21.4 Å². The Morgan fingerprint density at radius 1 is 1.48 bits per heavy atom. The summed E-state index contributed by atoms with van der Waals surface area (Å²) in [6, 6.07) is 2.59. The van der Waals surface area contributed by atoms with E-state index in [1.165, 1.54) is 10.9 Å². The summed E-state index contributed by atoms with van der Waals surface area (Å²) in [4.78, 5) is 9.73. The number of nitrogens with zero attached hydrogens (tertiary/aromatic N) is 3. The van der Waals surface area contributed by atoms with Crippen molar-refractivity contribution in [2.45, 2.75) is 18.4 Å². The normalized spacial score (nSPS) is 11.3. The molecule has 112 valence electrons. The van der Waals surface area contributed by atoms with Crippen LogP contribution in [0.5, 0.6) is 0 Å². The van der Waals surface area contributed by atoms with Gasteiger partial charge in [-0.05, 0) is 13.0 Å². The highest BCUT2D eigenvalue weighted by Gasteiger charge is 2.20. The number of nitrogens with one attached hydrogen (secondary N) is 1. The molecule has 1 aromatic carbocycles. The number of aryl methyl sites for hydroxylation is 1. The minimum Gasteiger partial charge on any atom is -0.276 e. The van der Waals surface area contributed by atoms with Gasteiger partial charge in [0.2, 0.25) is 0 Å². The summed E-state index contributed by atoms with van der Waals surface area (Å²) in [7, 11) is -4.06. The van der Waals surface area contributed by atoms with E-state index in [-0.39, 0.29) is 4.90 Å². The number of non-ortho nitro benzene ring substituents is 1. The smallest absolute Gasteiger partial charge is 0.271 e. The maximum atomic E-state index is 13.6.